The Morgan fingerprint density at radius 2 is 1.96 bits per heavy atom. The highest BCUT2D eigenvalue weighted by atomic mass is 16.5. The van der Waals surface area contributed by atoms with Gasteiger partial charge in [0, 0.05) is 37.1 Å². The highest BCUT2D eigenvalue weighted by molar-refractivity contribution is 5.93. The number of nitrogens with zero attached hydrogens (tertiary/aromatic N) is 3. The van der Waals surface area contributed by atoms with Crippen LogP contribution in [0.25, 0.3) is 11.3 Å². The third kappa shape index (κ3) is 3.52. The molecule has 5 heteroatoms. The number of likely N-dealkylation sites (tertiary alicyclic amines) is 1. The Balaban J connectivity index is 1.45. The van der Waals surface area contributed by atoms with Crippen molar-refractivity contribution in [2.24, 2.45) is 0 Å². The molecular weight excluding hydrogens is 326 g/mol. The van der Waals surface area contributed by atoms with E-state index in [2.05, 4.69) is 34.4 Å². The predicted molar refractivity (Wildman–Crippen MR) is 98.7 cm³/mol. The fourth-order valence-corrected chi connectivity index (χ4v) is 3.54. The first-order valence-electron chi connectivity index (χ1n) is 9.02. The second-order valence-electron chi connectivity index (χ2n) is 6.65. The molecule has 1 fully saturated rings. The van der Waals surface area contributed by atoms with Gasteiger partial charge in [-0.2, -0.15) is 0 Å². The van der Waals surface area contributed by atoms with E-state index in [-0.39, 0.29) is 5.91 Å². The van der Waals surface area contributed by atoms with E-state index < -0.39 is 0 Å². The molecule has 0 radical (unpaired) electrons. The first-order chi connectivity index (χ1) is 12.8. The van der Waals surface area contributed by atoms with Crippen LogP contribution in [0.2, 0.25) is 0 Å². The van der Waals surface area contributed by atoms with Crippen molar-refractivity contribution >= 4 is 5.91 Å². The van der Waals surface area contributed by atoms with Crippen LogP contribution in [-0.4, -0.2) is 34.0 Å². The Bertz CT molecular complexity index is 861. The minimum absolute atomic E-state index is 0.0578. The van der Waals surface area contributed by atoms with Crippen LogP contribution in [0.5, 0.6) is 0 Å². The summed E-state index contributed by atoms with van der Waals surface area (Å²) >= 11 is 0. The molecule has 132 valence electrons. The molecule has 1 aromatic carbocycles. The number of rotatable bonds is 3. The van der Waals surface area contributed by atoms with Gasteiger partial charge in [0.15, 0.2) is 11.5 Å². The summed E-state index contributed by atoms with van der Waals surface area (Å²) in [5.41, 5.74) is 2.54. The molecule has 3 aromatic rings. The molecule has 0 spiro atoms. The van der Waals surface area contributed by atoms with Crippen molar-refractivity contribution in [1.82, 2.24) is 15.0 Å². The molecule has 0 bridgehead atoms. The second kappa shape index (κ2) is 7.52. The summed E-state index contributed by atoms with van der Waals surface area (Å²) < 4.78 is 5.35. The number of pyridine rings is 1. The number of benzene rings is 1. The Morgan fingerprint density at radius 3 is 2.77 bits per heavy atom. The summed E-state index contributed by atoms with van der Waals surface area (Å²) in [7, 11) is 0. The number of hydrogen-bond acceptors (Lipinski definition) is 4. The Morgan fingerprint density at radius 1 is 1.08 bits per heavy atom. The second-order valence-corrected chi connectivity index (χ2v) is 6.65. The van der Waals surface area contributed by atoms with E-state index in [4.69, 9.17) is 4.52 Å². The Hall–Kier alpha value is -2.95. The highest BCUT2D eigenvalue weighted by Gasteiger charge is 2.24. The lowest BCUT2D eigenvalue weighted by Gasteiger charge is -2.19. The molecule has 1 aliphatic rings. The van der Waals surface area contributed by atoms with Gasteiger partial charge < -0.3 is 9.42 Å². The molecule has 4 rings (SSSR count). The predicted octanol–water partition coefficient (Wildman–Crippen LogP) is 4.15. The first kappa shape index (κ1) is 16.5. The fourth-order valence-electron chi connectivity index (χ4n) is 3.54. The van der Waals surface area contributed by atoms with Crippen molar-refractivity contribution < 1.29 is 9.32 Å². The largest absolute Gasteiger partial charge is 0.355 e. The molecule has 0 saturated carbocycles. The van der Waals surface area contributed by atoms with Crippen molar-refractivity contribution in [1.29, 1.82) is 0 Å². The molecule has 1 unspecified atom stereocenters. The van der Waals surface area contributed by atoms with E-state index in [0.717, 1.165) is 37.9 Å². The van der Waals surface area contributed by atoms with E-state index >= 15 is 0 Å². The molecule has 1 amide bonds. The van der Waals surface area contributed by atoms with Crippen LogP contribution in [0, 0.1) is 0 Å². The fraction of sp³-hybridized carbons (Fsp3) is 0.286. The molecule has 2 aromatic heterocycles. The van der Waals surface area contributed by atoms with Crippen molar-refractivity contribution in [3.05, 3.63) is 72.2 Å². The van der Waals surface area contributed by atoms with Gasteiger partial charge in [0.05, 0.1) is 0 Å². The Labute approximate surface area is 152 Å². The maximum absolute atomic E-state index is 12.8. The van der Waals surface area contributed by atoms with Gasteiger partial charge in [-0.3, -0.25) is 9.78 Å². The van der Waals surface area contributed by atoms with Crippen LogP contribution in [-0.2, 0) is 0 Å². The van der Waals surface area contributed by atoms with Gasteiger partial charge in [-0.15, -0.1) is 0 Å². The summed E-state index contributed by atoms with van der Waals surface area (Å²) in [5.74, 6) is 1.02. The number of carbonyl (C=O) groups is 1. The van der Waals surface area contributed by atoms with Crippen LogP contribution in [0.3, 0.4) is 0 Å². The van der Waals surface area contributed by atoms with E-state index in [0.29, 0.717) is 17.4 Å². The van der Waals surface area contributed by atoms with Crippen molar-refractivity contribution in [2.75, 3.05) is 13.1 Å². The van der Waals surface area contributed by atoms with E-state index in [9.17, 15) is 4.79 Å². The van der Waals surface area contributed by atoms with Crippen LogP contribution >= 0.6 is 0 Å². The van der Waals surface area contributed by atoms with Crippen molar-refractivity contribution in [3.63, 3.8) is 0 Å². The molecule has 1 saturated heterocycles. The maximum Gasteiger partial charge on any atom is 0.276 e. The van der Waals surface area contributed by atoms with Gasteiger partial charge >= 0.3 is 0 Å². The lowest BCUT2D eigenvalue weighted by molar-refractivity contribution is 0.0750. The zero-order valence-corrected chi connectivity index (χ0v) is 14.5. The van der Waals surface area contributed by atoms with Crippen molar-refractivity contribution in [2.45, 2.75) is 25.2 Å². The van der Waals surface area contributed by atoms with Gasteiger partial charge in [0.1, 0.15) is 0 Å². The average molecular weight is 347 g/mol. The summed E-state index contributed by atoms with van der Waals surface area (Å²) in [5, 5.41) is 3.98. The minimum Gasteiger partial charge on any atom is -0.355 e. The summed E-state index contributed by atoms with van der Waals surface area (Å²) in [6.45, 7) is 1.50. The summed E-state index contributed by atoms with van der Waals surface area (Å²) in [6, 6.07) is 16.0. The van der Waals surface area contributed by atoms with Crippen LogP contribution in [0.1, 0.15) is 41.2 Å². The Kier molecular flexibility index (Phi) is 4.78. The first-order valence-corrected chi connectivity index (χ1v) is 9.02. The quantitative estimate of drug-likeness (QED) is 0.714. The normalized spacial score (nSPS) is 17.7. The highest BCUT2D eigenvalue weighted by Crippen LogP contribution is 2.28. The number of hydrogen-bond donors (Lipinski definition) is 0. The topological polar surface area (TPSA) is 59.2 Å². The lowest BCUT2D eigenvalue weighted by atomic mass is 9.92. The smallest absolute Gasteiger partial charge is 0.276 e. The zero-order valence-electron chi connectivity index (χ0n) is 14.5. The van der Waals surface area contributed by atoms with Gasteiger partial charge in [-0.25, -0.2) is 0 Å². The van der Waals surface area contributed by atoms with E-state index in [1.807, 2.05) is 23.1 Å². The van der Waals surface area contributed by atoms with Crippen LogP contribution in [0.4, 0.5) is 0 Å². The summed E-state index contributed by atoms with van der Waals surface area (Å²) in [6.07, 6.45) is 6.48. The number of aromatic nitrogens is 2. The zero-order chi connectivity index (χ0) is 17.8. The molecule has 3 heterocycles. The van der Waals surface area contributed by atoms with E-state index in [1.165, 1.54) is 5.56 Å². The van der Waals surface area contributed by atoms with Crippen molar-refractivity contribution in [3.8, 4) is 11.3 Å². The van der Waals surface area contributed by atoms with E-state index in [1.54, 1.807) is 18.5 Å². The van der Waals surface area contributed by atoms with Gasteiger partial charge in [0.25, 0.3) is 5.91 Å². The molecule has 26 heavy (non-hydrogen) atoms. The number of carbonyl (C=O) groups excluding carboxylic acids is 1. The van der Waals surface area contributed by atoms with Gasteiger partial charge in [-0.05, 0) is 42.9 Å². The minimum atomic E-state index is -0.0578. The summed E-state index contributed by atoms with van der Waals surface area (Å²) in [4.78, 5) is 18.8. The third-order valence-corrected chi connectivity index (χ3v) is 4.96. The molecule has 5 nitrogen and oxygen atoms in total. The van der Waals surface area contributed by atoms with Gasteiger partial charge in [-0.1, -0.05) is 35.5 Å². The standard InChI is InChI=1S/C21H21N3O2/c25-21(19-14-20(26-23-19)18-8-4-11-22-15-18)24-12-5-9-17(10-13-24)16-6-2-1-3-7-16/h1-4,6-8,11,14-15,17H,5,9-10,12-13H2. The molecule has 1 atom stereocenters. The molecule has 1 aliphatic heterocycles. The molecular formula is C21H21N3O2. The SMILES string of the molecule is O=C(c1cc(-c2cccnc2)on1)N1CCCC(c2ccccc2)CC1. The monoisotopic (exact) mass is 347 g/mol. The lowest BCUT2D eigenvalue weighted by Crippen LogP contribution is -2.32. The third-order valence-electron chi connectivity index (χ3n) is 4.96. The maximum atomic E-state index is 12.8. The van der Waals surface area contributed by atoms with Crippen LogP contribution < -0.4 is 0 Å². The molecule has 0 N–H and O–H groups in total. The average Bonchev–Trinajstić information content (AvgIpc) is 3.07. The van der Waals surface area contributed by atoms with Crippen LogP contribution in [0.15, 0.2) is 65.4 Å². The molecule has 0 aliphatic carbocycles. The van der Waals surface area contributed by atoms with Gasteiger partial charge in [0.2, 0.25) is 0 Å². The number of amides is 1.